The van der Waals surface area contributed by atoms with Crippen LogP contribution in [0.1, 0.15) is 6.42 Å². The van der Waals surface area contributed by atoms with Gasteiger partial charge in [0.2, 0.25) is 0 Å². The van der Waals surface area contributed by atoms with E-state index in [1.54, 1.807) is 12.2 Å². The molecule has 0 amide bonds. The molecule has 0 radical (unpaired) electrons. The molecule has 70 valence electrons. The molecule has 0 spiro atoms. The van der Waals surface area contributed by atoms with Gasteiger partial charge in [0.05, 0.1) is 12.2 Å². The van der Waals surface area contributed by atoms with Crippen LogP contribution in [0.5, 0.6) is 0 Å². The predicted molar refractivity (Wildman–Crippen MR) is 49.0 cm³/mol. The first kappa shape index (κ1) is 9.74. The lowest BCUT2D eigenvalue weighted by Gasteiger charge is -2.01. The van der Waals surface area contributed by atoms with Crippen molar-refractivity contribution in [1.29, 1.82) is 0 Å². The molecule has 1 N–H and O–H groups in total. The molecule has 3 heteroatoms. The fourth-order valence-electron chi connectivity index (χ4n) is 0.937. The Kier molecular flexibility index (Phi) is 3.99. The van der Waals surface area contributed by atoms with Crippen LogP contribution in [-0.4, -0.2) is 24.3 Å². The maximum Gasteiger partial charge on any atom is 0.338 e. The van der Waals surface area contributed by atoms with Crippen LogP contribution in [0.4, 0.5) is 0 Å². The zero-order chi connectivity index (χ0) is 9.52. The second-order valence-corrected chi connectivity index (χ2v) is 2.55. The van der Waals surface area contributed by atoms with E-state index in [1.807, 2.05) is 18.2 Å². The number of ether oxygens (including phenoxy) is 1. The average Bonchev–Trinajstić information content (AvgIpc) is 2.42. The fraction of sp³-hybridized carbons (Fsp3) is 0.300. The topological polar surface area (TPSA) is 46.5 Å². The van der Waals surface area contributed by atoms with Crippen molar-refractivity contribution in [2.45, 2.75) is 6.42 Å². The standard InChI is InChI=1S/C10H12O3/c11-7-8-13-10(12)9-5-3-1-2-4-6-9/h1,3-6,11H,2,7-8H2. The van der Waals surface area contributed by atoms with Gasteiger partial charge in [-0.1, -0.05) is 24.3 Å². The SMILES string of the molecule is O=C(OCCO)C1=CC=CCC=C1. The van der Waals surface area contributed by atoms with E-state index in [0.717, 1.165) is 6.42 Å². The van der Waals surface area contributed by atoms with E-state index >= 15 is 0 Å². The van der Waals surface area contributed by atoms with Crippen molar-refractivity contribution in [3.05, 3.63) is 36.0 Å². The highest BCUT2D eigenvalue weighted by molar-refractivity contribution is 5.92. The van der Waals surface area contributed by atoms with Crippen LogP contribution in [0.15, 0.2) is 36.0 Å². The second-order valence-electron chi connectivity index (χ2n) is 2.55. The van der Waals surface area contributed by atoms with Gasteiger partial charge in [0, 0.05) is 0 Å². The predicted octanol–water partition coefficient (Wildman–Crippen LogP) is 0.964. The van der Waals surface area contributed by atoms with E-state index < -0.39 is 5.97 Å². The Hall–Kier alpha value is -1.35. The Morgan fingerprint density at radius 3 is 3.15 bits per heavy atom. The van der Waals surface area contributed by atoms with Crippen LogP contribution in [0.3, 0.4) is 0 Å². The zero-order valence-corrected chi connectivity index (χ0v) is 7.27. The third-order valence-corrected chi connectivity index (χ3v) is 1.54. The van der Waals surface area contributed by atoms with Crippen molar-refractivity contribution in [2.24, 2.45) is 0 Å². The summed E-state index contributed by atoms with van der Waals surface area (Å²) in [5.74, 6) is -0.392. The van der Waals surface area contributed by atoms with Gasteiger partial charge >= 0.3 is 5.97 Å². The van der Waals surface area contributed by atoms with Crippen LogP contribution in [0, 0.1) is 0 Å². The number of allylic oxidation sites excluding steroid dienone is 4. The molecule has 0 aromatic carbocycles. The molecule has 0 saturated carbocycles. The number of carbonyl (C=O) groups is 1. The average molecular weight is 180 g/mol. The number of esters is 1. The fourth-order valence-corrected chi connectivity index (χ4v) is 0.937. The first-order valence-electron chi connectivity index (χ1n) is 4.16. The Balaban J connectivity index is 2.54. The number of hydrogen-bond acceptors (Lipinski definition) is 3. The van der Waals surface area contributed by atoms with E-state index in [2.05, 4.69) is 0 Å². The van der Waals surface area contributed by atoms with Gasteiger partial charge in [0.15, 0.2) is 0 Å². The van der Waals surface area contributed by atoms with Crippen molar-refractivity contribution >= 4 is 5.97 Å². The van der Waals surface area contributed by atoms with Gasteiger partial charge < -0.3 is 9.84 Å². The summed E-state index contributed by atoms with van der Waals surface area (Å²) in [4.78, 5) is 11.2. The lowest BCUT2D eigenvalue weighted by Crippen LogP contribution is -2.09. The van der Waals surface area contributed by atoms with E-state index in [9.17, 15) is 4.79 Å². The summed E-state index contributed by atoms with van der Waals surface area (Å²) in [6.45, 7) is -0.0910. The number of aliphatic hydroxyl groups excluding tert-OH is 1. The van der Waals surface area contributed by atoms with Crippen molar-refractivity contribution < 1.29 is 14.6 Å². The zero-order valence-electron chi connectivity index (χ0n) is 7.27. The maximum absolute atomic E-state index is 11.2. The molecule has 0 aromatic rings. The van der Waals surface area contributed by atoms with Gasteiger partial charge in [-0.15, -0.1) is 0 Å². The molecule has 0 aliphatic heterocycles. The molecule has 0 fully saturated rings. The Bertz CT molecular complexity index is 261. The molecule has 1 rings (SSSR count). The van der Waals surface area contributed by atoms with Crippen LogP contribution in [-0.2, 0) is 9.53 Å². The minimum Gasteiger partial charge on any atom is -0.460 e. The molecule has 3 nitrogen and oxygen atoms in total. The molecular formula is C10H12O3. The van der Waals surface area contributed by atoms with Gasteiger partial charge in [-0.3, -0.25) is 0 Å². The molecule has 1 aliphatic carbocycles. The summed E-state index contributed by atoms with van der Waals surface area (Å²) in [5.41, 5.74) is 0.516. The molecule has 1 aliphatic rings. The summed E-state index contributed by atoms with van der Waals surface area (Å²) < 4.78 is 4.74. The number of hydrogen-bond donors (Lipinski definition) is 1. The van der Waals surface area contributed by atoms with Crippen LogP contribution in [0.2, 0.25) is 0 Å². The van der Waals surface area contributed by atoms with E-state index in [-0.39, 0.29) is 13.2 Å². The highest BCUT2D eigenvalue weighted by atomic mass is 16.5. The van der Waals surface area contributed by atoms with Gasteiger partial charge in [-0.2, -0.15) is 0 Å². The first-order chi connectivity index (χ1) is 6.34. The van der Waals surface area contributed by atoms with Crippen molar-refractivity contribution in [3.8, 4) is 0 Å². The van der Waals surface area contributed by atoms with Crippen LogP contribution in [0.25, 0.3) is 0 Å². The molecule has 0 saturated heterocycles. The second kappa shape index (κ2) is 5.32. The summed E-state index contributed by atoms with van der Waals surface area (Å²) in [6, 6.07) is 0. The van der Waals surface area contributed by atoms with Gasteiger partial charge in [0.25, 0.3) is 0 Å². The van der Waals surface area contributed by atoms with E-state index in [0.29, 0.717) is 5.57 Å². The van der Waals surface area contributed by atoms with Crippen LogP contribution < -0.4 is 0 Å². The Morgan fingerprint density at radius 2 is 2.38 bits per heavy atom. The first-order valence-corrected chi connectivity index (χ1v) is 4.16. The van der Waals surface area contributed by atoms with Crippen LogP contribution >= 0.6 is 0 Å². The maximum atomic E-state index is 11.2. The third-order valence-electron chi connectivity index (χ3n) is 1.54. The highest BCUT2D eigenvalue weighted by Crippen LogP contribution is 2.06. The van der Waals surface area contributed by atoms with Crippen molar-refractivity contribution in [2.75, 3.05) is 13.2 Å². The normalized spacial score (nSPS) is 15.0. The van der Waals surface area contributed by atoms with E-state index in [1.165, 1.54) is 0 Å². The molecule has 13 heavy (non-hydrogen) atoms. The number of aliphatic hydroxyl groups is 1. The lowest BCUT2D eigenvalue weighted by molar-refractivity contribution is -0.139. The number of carbonyl (C=O) groups excluding carboxylic acids is 1. The minimum atomic E-state index is -0.392. The molecule has 0 aromatic heterocycles. The molecule has 0 heterocycles. The summed E-state index contributed by atoms with van der Waals surface area (Å²) in [6.07, 6.45) is 9.89. The quantitative estimate of drug-likeness (QED) is 0.658. The van der Waals surface area contributed by atoms with Crippen molar-refractivity contribution in [3.63, 3.8) is 0 Å². The minimum absolute atomic E-state index is 0.0493. The molecule has 0 atom stereocenters. The molecule has 0 bridgehead atoms. The lowest BCUT2D eigenvalue weighted by atomic mass is 10.2. The largest absolute Gasteiger partial charge is 0.460 e. The Morgan fingerprint density at radius 1 is 1.54 bits per heavy atom. The summed E-state index contributed by atoms with van der Waals surface area (Å²) in [7, 11) is 0. The van der Waals surface area contributed by atoms with Gasteiger partial charge in [0.1, 0.15) is 6.61 Å². The Labute approximate surface area is 77.0 Å². The van der Waals surface area contributed by atoms with Crippen molar-refractivity contribution in [1.82, 2.24) is 0 Å². The smallest absolute Gasteiger partial charge is 0.338 e. The highest BCUT2D eigenvalue weighted by Gasteiger charge is 2.06. The molecular weight excluding hydrogens is 168 g/mol. The summed E-state index contributed by atoms with van der Waals surface area (Å²) in [5, 5.41) is 8.44. The van der Waals surface area contributed by atoms with Gasteiger partial charge in [-0.05, 0) is 12.5 Å². The molecule has 0 unspecified atom stereocenters. The third kappa shape index (κ3) is 3.25. The monoisotopic (exact) mass is 180 g/mol. The van der Waals surface area contributed by atoms with E-state index in [4.69, 9.17) is 9.84 Å². The summed E-state index contributed by atoms with van der Waals surface area (Å²) >= 11 is 0. The number of rotatable bonds is 3. The van der Waals surface area contributed by atoms with Gasteiger partial charge in [-0.25, -0.2) is 4.79 Å².